The van der Waals surface area contributed by atoms with Crippen LogP contribution in [-0.2, 0) is 11.2 Å². The van der Waals surface area contributed by atoms with Crippen molar-refractivity contribution in [1.29, 1.82) is 0 Å². The molecule has 0 atom stereocenters. The molecule has 0 bridgehead atoms. The maximum absolute atomic E-state index is 10.5. The number of aliphatic carboxylic acids is 1. The Bertz CT molecular complexity index is 686. The summed E-state index contributed by atoms with van der Waals surface area (Å²) in [7, 11) is 0. The second-order valence-electron chi connectivity index (χ2n) is 4.78. The lowest BCUT2D eigenvalue weighted by molar-refractivity contribution is -0.131. The lowest BCUT2D eigenvalue weighted by Gasteiger charge is -2.04. The predicted molar refractivity (Wildman–Crippen MR) is 78.5 cm³/mol. The average molecular weight is 282 g/mol. The van der Waals surface area contributed by atoms with Gasteiger partial charge in [0.25, 0.3) is 0 Å². The quantitative estimate of drug-likeness (QED) is 0.875. The molecule has 0 spiro atoms. The molecule has 0 aromatic heterocycles. The zero-order valence-corrected chi connectivity index (χ0v) is 11.3. The lowest BCUT2D eigenvalue weighted by atomic mass is 10.0. The Morgan fingerprint density at radius 1 is 1.05 bits per heavy atom. The van der Waals surface area contributed by atoms with Crippen LogP contribution in [0.4, 0.5) is 0 Å². The fourth-order valence-corrected chi connectivity index (χ4v) is 2.20. The minimum atomic E-state index is -0.945. The molecule has 2 aromatic carbocycles. The number of hydrogen-bond donors (Lipinski definition) is 1. The van der Waals surface area contributed by atoms with E-state index in [4.69, 9.17) is 14.6 Å². The Kier molecular flexibility index (Phi) is 3.60. The van der Waals surface area contributed by atoms with E-state index in [1.165, 1.54) is 0 Å². The van der Waals surface area contributed by atoms with Gasteiger partial charge in [0.05, 0.1) is 0 Å². The molecule has 21 heavy (non-hydrogen) atoms. The van der Waals surface area contributed by atoms with Crippen molar-refractivity contribution in [3.8, 4) is 11.5 Å². The van der Waals surface area contributed by atoms with E-state index in [1.807, 2.05) is 42.5 Å². The van der Waals surface area contributed by atoms with Crippen LogP contribution in [-0.4, -0.2) is 17.9 Å². The normalized spacial score (nSPS) is 12.8. The summed E-state index contributed by atoms with van der Waals surface area (Å²) < 4.78 is 10.7. The van der Waals surface area contributed by atoms with Crippen molar-refractivity contribution in [2.75, 3.05) is 6.79 Å². The van der Waals surface area contributed by atoms with Gasteiger partial charge in [0.1, 0.15) is 0 Å². The van der Waals surface area contributed by atoms with Crippen molar-refractivity contribution < 1.29 is 19.4 Å². The first-order valence-electron chi connectivity index (χ1n) is 6.59. The Morgan fingerprint density at radius 2 is 1.76 bits per heavy atom. The molecule has 4 heteroatoms. The van der Waals surface area contributed by atoms with Crippen LogP contribution < -0.4 is 9.47 Å². The fourth-order valence-electron chi connectivity index (χ4n) is 2.20. The summed E-state index contributed by atoms with van der Waals surface area (Å²) in [4.78, 5) is 10.5. The highest BCUT2D eigenvalue weighted by Crippen LogP contribution is 2.33. The van der Waals surface area contributed by atoms with Crippen molar-refractivity contribution in [3.05, 3.63) is 65.2 Å². The number of fused-ring (bicyclic) bond motifs is 1. The van der Waals surface area contributed by atoms with E-state index in [0.717, 1.165) is 40.7 Å². The first-order valence-corrected chi connectivity index (χ1v) is 6.59. The van der Waals surface area contributed by atoms with Gasteiger partial charge in [-0.3, -0.25) is 0 Å². The SMILES string of the molecule is O=C(O)C=Cc1ccc(Cc2ccc3c(c2)OCO3)cc1. The molecule has 0 amide bonds. The zero-order chi connectivity index (χ0) is 14.7. The van der Waals surface area contributed by atoms with E-state index in [1.54, 1.807) is 6.08 Å². The molecule has 0 unspecified atom stereocenters. The maximum atomic E-state index is 10.5. The second kappa shape index (κ2) is 5.71. The molecule has 0 saturated carbocycles. The standard InChI is InChI=1S/C17H14O4/c18-17(19)8-6-12-1-3-13(4-2-12)9-14-5-7-15-16(10-14)21-11-20-15/h1-8,10H,9,11H2,(H,18,19). The van der Waals surface area contributed by atoms with E-state index in [9.17, 15) is 4.79 Å². The van der Waals surface area contributed by atoms with Crippen molar-refractivity contribution >= 4 is 12.0 Å². The molecular formula is C17H14O4. The van der Waals surface area contributed by atoms with Gasteiger partial charge in [0.2, 0.25) is 6.79 Å². The number of carboxylic acids is 1. The van der Waals surface area contributed by atoms with Gasteiger partial charge < -0.3 is 14.6 Å². The van der Waals surface area contributed by atoms with E-state index in [-0.39, 0.29) is 6.79 Å². The second-order valence-corrected chi connectivity index (χ2v) is 4.78. The lowest BCUT2D eigenvalue weighted by Crippen LogP contribution is -1.93. The molecular weight excluding hydrogens is 268 g/mol. The Balaban J connectivity index is 1.72. The van der Waals surface area contributed by atoms with Crippen molar-refractivity contribution in [2.45, 2.75) is 6.42 Å². The van der Waals surface area contributed by atoms with Crippen LogP contribution in [0.2, 0.25) is 0 Å². The smallest absolute Gasteiger partial charge is 0.328 e. The summed E-state index contributed by atoms with van der Waals surface area (Å²) >= 11 is 0. The molecule has 1 N–H and O–H groups in total. The van der Waals surface area contributed by atoms with Crippen molar-refractivity contribution in [1.82, 2.24) is 0 Å². The summed E-state index contributed by atoms with van der Waals surface area (Å²) in [6.07, 6.45) is 3.50. The summed E-state index contributed by atoms with van der Waals surface area (Å²) in [5, 5.41) is 8.59. The third-order valence-corrected chi connectivity index (χ3v) is 3.24. The highest BCUT2D eigenvalue weighted by molar-refractivity contribution is 5.85. The molecule has 0 aliphatic carbocycles. The predicted octanol–water partition coefficient (Wildman–Crippen LogP) is 3.10. The summed E-state index contributed by atoms with van der Waals surface area (Å²) in [5.41, 5.74) is 3.17. The van der Waals surface area contributed by atoms with Crippen LogP contribution in [0.5, 0.6) is 11.5 Å². The van der Waals surface area contributed by atoms with Gasteiger partial charge in [-0.1, -0.05) is 30.3 Å². The van der Waals surface area contributed by atoms with Crippen molar-refractivity contribution in [3.63, 3.8) is 0 Å². The van der Waals surface area contributed by atoms with Crippen LogP contribution in [0.15, 0.2) is 48.5 Å². The van der Waals surface area contributed by atoms with E-state index < -0.39 is 5.97 Å². The topological polar surface area (TPSA) is 55.8 Å². The number of ether oxygens (including phenoxy) is 2. The number of hydrogen-bond acceptors (Lipinski definition) is 3. The maximum Gasteiger partial charge on any atom is 0.328 e. The molecule has 4 nitrogen and oxygen atoms in total. The van der Waals surface area contributed by atoms with Gasteiger partial charge in [0, 0.05) is 6.08 Å². The van der Waals surface area contributed by atoms with Gasteiger partial charge >= 0.3 is 5.97 Å². The minimum absolute atomic E-state index is 0.281. The van der Waals surface area contributed by atoms with Gasteiger partial charge in [-0.05, 0) is 41.3 Å². The highest BCUT2D eigenvalue weighted by atomic mass is 16.7. The highest BCUT2D eigenvalue weighted by Gasteiger charge is 2.13. The van der Waals surface area contributed by atoms with Crippen molar-refractivity contribution in [2.24, 2.45) is 0 Å². The van der Waals surface area contributed by atoms with Crippen LogP contribution in [0, 0.1) is 0 Å². The first kappa shape index (κ1) is 13.2. The van der Waals surface area contributed by atoms with E-state index in [0.29, 0.717) is 0 Å². The molecule has 1 aliphatic rings. The summed E-state index contributed by atoms with van der Waals surface area (Å²) in [5.74, 6) is 0.626. The van der Waals surface area contributed by atoms with Gasteiger partial charge in [-0.25, -0.2) is 4.79 Å². The van der Waals surface area contributed by atoms with Gasteiger partial charge in [-0.15, -0.1) is 0 Å². The Labute approximate surface area is 122 Å². The van der Waals surface area contributed by atoms with Crippen LogP contribution in [0.3, 0.4) is 0 Å². The molecule has 3 rings (SSSR count). The van der Waals surface area contributed by atoms with Crippen LogP contribution in [0.25, 0.3) is 6.08 Å². The molecule has 1 aliphatic heterocycles. The molecule has 0 saturated heterocycles. The molecule has 0 radical (unpaired) electrons. The van der Waals surface area contributed by atoms with Gasteiger partial charge in [0.15, 0.2) is 11.5 Å². The number of carboxylic acid groups (broad SMARTS) is 1. The average Bonchev–Trinajstić information content (AvgIpc) is 2.94. The van der Waals surface area contributed by atoms with E-state index >= 15 is 0 Å². The monoisotopic (exact) mass is 282 g/mol. The van der Waals surface area contributed by atoms with E-state index in [2.05, 4.69) is 0 Å². The zero-order valence-electron chi connectivity index (χ0n) is 11.3. The number of benzene rings is 2. The summed E-state index contributed by atoms with van der Waals surface area (Å²) in [6.45, 7) is 0.281. The molecule has 1 heterocycles. The number of rotatable bonds is 4. The first-order chi connectivity index (χ1) is 10.2. The third-order valence-electron chi connectivity index (χ3n) is 3.24. The van der Waals surface area contributed by atoms with Crippen LogP contribution >= 0.6 is 0 Å². The van der Waals surface area contributed by atoms with Crippen LogP contribution in [0.1, 0.15) is 16.7 Å². The Morgan fingerprint density at radius 3 is 2.52 bits per heavy atom. The largest absolute Gasteiger partial charge is 0.478 e. The fraction of sp³-hybridized carbons (Fsp3) is 0.118. The number of carbonyl (C=O) groups is 1. The molecule has 106 valence electrons. The third kappa shape index (κ3) is 3.23. The summed E-state index contributed by atoms with van der Waals surface area (Å²) in [6, 6.07) is 13.7. The molecule has 0 fully saturated rings. The van der Waals surface area contributed by atoms with Gasteiger partial charge in [-0.2, -0.15) is 0 Å². The molecule has 2 aromatic rings. The minimum Gasteiger partial charge on any atom is -0.478 e. The Hall–Kier alpha value is -2.75.